The number of halogens is 2. The van der Waals surface area contributed by atoms with Crippen molar-refractivity contribution in [1.82, 2.24) is 10.1 Å². The Morgan fingerprint density at radius 1 is 1.31 bits per heavy atom. The number of aromatic nitrogens is 1. The predicted molar refractivity (Wildman–Crippen MR) is 103 cm³/mol. The summed E-state index contributed by atoms with van der Waals surface area (Å²) in [6.45, 7) is 2.65. The molecule has 1 saturated heterocycles. The number of carbonyl (C=O) groups excluding carboxylic acids is 1. The second-order valence-corrected chi connectivity index (χ2v) is 6.52. The molecule has 1 aromatic heterocycles. The van der Waals surface area contributed by atoms with Crippen LogP contribution in [0.1, 0.15) is 29.8 Å². The van der Waals surface area contributed by atoms with E-state index in [2.05, 4.69) is 5.16 Å². The van der Waals surface area contributed by atoms with Crippen LogP contribution >= 0.6 is 24.0 Å². The number of piperidine rings is 1. The van der Waals surface area contributed by atoms with Gasteiger partial charge in [-0.1, -0.05) is 16.8 Å². The molecule has 0 aliphatic carbocycles. The van der Waals surface area contributed by atoms with Crippen LogP contribution in [0.25, 0.3) is 11.3 Å². The number of likely N-dealkylation sites (tertiary alicyclic amines) is 1. The highest BCUT2D eigenvalue weighted by Crippen LogP contribution is 2.23. The van der Waals surface area contributed by atoms with Gasteiger partial charge in [0, 0.05) is 36.3 Å². The molecule has 3 rings (SSSR count). The van der Waals surface area contributed by atoms with Gasteiger partial charge in [-0.25, -0.2) is 0 Å². The van der Waals surface area contributed by atoms with E-state index in [1.807, 2.05) is 12.1 Å². The zero-order valence-electron chi connectivity index (χ0n) is 14.4. The third-order valence-corrected chi connectivity index (χ3v) is 4.54. The molecule has 0 spiro atoms. The SMILES string of the molecule is Cl.NCCCOC1CCN(C(=O)c2cc(-c3ccc(Cl)cc3)on2)CC1. The van der Waals surface area contributed by atoms with Crippen LogP contribution in [0.3, 0.4) is 0 Å². The maximum absolute atomic E-state index is 12.6. The minimum Gasteiger partial charge on any atom is -0.378 e. The summed E-state index contributed by atoms with van der Waals surface area (Å²) in [5, 5.41) is 4.57. The number of ether oxygens (including phenoxy) is 1. The molecular weight excluding hydrogens is 377 g/mol. The number of hydrogen-bond donors (Lipinski definition) is 1. The quantitative estimate of drug-likeness (QED) is 0.752. The first kappa shape index (κ1) is 20.7. The highest BCUT2D eigenvalue weighted by Gasteiger charge is 2.26. The molecule has 8 heteroatoms. The number of carbonyl (C=O) groups is 1. The molecule has 0 saturated carbocycles. The molecule has 6 nitrogen and oxygen atoms in total. The van der Waals surface area contributed by atoms with Crippen molar-refractivity contribution in [3.63, 3.8) is 0 Å². The van der Waals surface area contributed by atoms with Gasteiger partial charge in [0.25, 0.3) is 5.91 Å². The molecule has 2 N–H and O–H groups in total. The predicted octanol–water partition coefficient (Wildman–Crippen LogP) is 3.39. The normalized spacial score (nSPS) is 14.9. The van der Waals surface area contributed by atoms with Gasteiger partial charge in [0.1, 0.15) is 0 Å². The summed E-state index contributed by atoms with van der Waals surface area (Å²) < 4.78 is 11.1. The van der Waals surface area contributed by atoms with Crippen LogP contribution in [-0.4, -0.2) is 48.3 Å². The van der Waals surface area contributed by atoms with Crippen LogP contribution in [0.4, 0.5) is 0 Å². The average molecular weight is 400 g/mol. The van der Waals surface area contributed by atoms with Crippen LogP contribution in [0.15, 0.2) is 34.9 Å². The monoisotopic (exact) mass is 399 g/mol. The molecule has 1 aromatic carbocycles. The van der Waals surface area contributed by atoms with Gasteiger partial charge in [-0.2, -0.15) is 0 Å². The summed E-state index contributed by atoms with van der Waals surface area (Å²) in [6, 6.07) is 8.89. The van der Waals surface area contributed by atoms with E-state index in [1.165, 1.54) is 0 Å². The Morgan fingerprint density at radius 3 is 2.65 bits per heavy atom. The lowest BCUT2D eigenvalue weighted by atomic mass is 10.1. The Balaban J connectivity index is 0.00000243. The van der Waals surface area contributed by atoms with Crippen LogP contribution in [-0.2, 0) is 4.74 Å². The van der Waals surface area contributed by atoms with Crippen molar-refractivity contribution >= 4 is 29.9 Å². The lowest BCUT2D eigenvalue weighted by Gasteiger charge is -2.31. The Morgan fingerprint density at radius 2 is 2.00 bits per heavy atom. The van der Waals surface area contributed by atoms with E-state index in [9.17, 15) is 4.79 Å². The smallest absolute Gasteiger partial charge is 0.276 e. The van der Waals surface area contributed by atoms with E-state index >= 15 is 0 Å². The summed E-state index contributed by atoms with van der Waals surface area (Å²) >= 11 is 5.88. The molecule has 0 atom stereocenters. The number of nitrogens with zero attached hydrogens (tertiary/aromatic N) is 2. The third kappa shape index (κ3) is 5.20. The van der Waals surface area contributed by atoms with Gasteiger partial charge in [-0.05, 0) is 50.1 Å². The molecule has 0 unspecified atom stereocenters. The van der Waals surface area contributed by atoms with Gasteiger partial charge in [0.05, 0.1) is 6.10 Å². The zero-order valence-corrected chi connectivity index (χ0v) is 16.0. The molecule has 0 radical (unpaired) electrons. The van der Waals surface area contributed by atoms with Crippen LogP contribution < -0.4 is 5.73 Å². The Hall–Kier alpha value is -1.60. The Kier molecular flexibility index (Phi) is 7.90. The largest absolute Gasteiger partial charge is 0.378 e. The van der Waals surface area contributed by atoms with E-state index in [0.717, 1.165) is 24.8 Å². The second kappa shape index (κ2) is 9.92. The first-order valence-electron chi connectivity index (χ1n) is 8.51. The molecule has 142 valence electrons. The first-order chi connectivity index (χ1) is 12.2. The van der Waals surface area contributed by atoms with Crippen molar-refractivity contribution in [3.8, 4) is 11.3 Å². The van der Waals surface area contributed by atoms with E-state index in [0.29, 0.717) is 42.7 Å². The van der Waals surface area contributed by atoms with Gasteiger partial charge in [0.2, 0.25) is 0 Å². The summed E-state index contributed by atoms with van der Waals surface area (Å²) in [6.07, 6.45) is 2.74. The number of amides is 1. The van der Waals surface area contributed by atoms with Gasteiger partial charge < -0.3 is 19.9 Å². The summed E-state index contributed by atoms with van der Waals surface area (Å²) in [7, 11) is 0. The molecule has 2 aromatic rings. The zero-order chi connectivity index (χ0) is 17.6. The highest BCUT2D eigenvalue weighted by atomic mass is 35.5. The number of hydrogen-bond acceptors (Lipinski definition) is 5. The lowest BCUT2D eigenvalue weighted by Crippen LogP contribution is -2.41. The molecule has 1 fully saturated rings. The molecule has 1 aliphatic heterocycles. The lowest BCUT2D eigenvalue weighted by molar-refractivity contribution is 0.00820. The maximum Gasteiger partial charge on any atom is 0.276 e. The number of benzene rings is 1. The molecule has 0 bridgehead atoms. The van der Waals surface area contributed by atoms with E-state index in [-0.39, 0.29) is 24.4 Å². The van der Waals surface area contributed by atoms with Gasteiger partial charge >= 0.3 is 0 Å². The minimum atomic E-state index is -0.107. The van der Waals surface area contributed by atoms with Crippen molar-refractivity contribution in [2.75, 3.05) is 26.2 Å². The number of rotatable bonds is 6. The van der Waals surface area contributed by atoms with Crippen LogP contribution in [0.5, 0.6) is 0 Å². The topological polar surface area (TPSA) is 81.6 Å². The van der Waals surface area contributed by atoms with Gasteiger partial charge in [-0.3, -0.25) is 4.79 Å². The first-order valence-corrected chi connectivity index (χ1v) is 8.89. The molecule has 2 heterocycles. The fraction of sp³-hybridized carbons (Fsp3) is 0.444. The third-order valence-electron chi connectivity index (χ3n) is 4.29. The Bertz CT molecular complexity index is 698. The average Bonchev–Trinajstić information content (AvgIpc) is 3.13. The van der Waals surface area contributed by atoms with Crippen LogP contribution in [0.2, 0.25) is 5.02 Å². The van der Waals surface area contributed by atoms with Crippen molar-refractivity contribution in [1.29, 1.82) is 0 Å². The van der Waals surface area contributed by atoms with Gasteiger partial charge in [0.15, 0.2) is 11.5 Å². The van der Waals surface area contributed by atoms with Crippen molar-refractivity contribution in [3.05, 3.63) is 41.0 Å². The van der Waals surface area contributed by atoms with Crippen molar-refractivity contribution in [2.24, 2.45) is 5.73 Å². The molecular formula is C18H23Cl2N3O3. The van der Waals surface area contributed by atoms with Crippen molar-refractivity contribution < 1.29 is 14.1 Å². The number of nitrogens with two attached hydrogens (primary N) is 1. The highest BCUT2D eigenvalue weighted by molar-refractivity contribution is 6.30. The van der Waals surface area contributed by atoms with Crippen molar-refractivity contribution in [2.45, 2.75) is 25.4 Å². The summed E-state index contributed by atoms with van der Waals surface area (Å²) in [5.74, 6) is 0.449. The fourth-order valence-electron chi connectivity index (χ4n) is 2.85. The minimum absolute atomic E-state index is 0. The summed E-state index contributed by atoms with van der Waals surface area (Å²) in [5.41, 5.74) is 6.63. The molecule has 1 amide bonds. The van der Waals surface area contributed by atoms with Gasteiger partial charge in [-0.15, -0.1) is 12.4 Å². The standard InChI is InChI=1S/C18H22ClN3O3.ClH/c19-14-4-2-13(3-5-14)17-12-16(21-25-17)18(23)22-9-6-15(7-10-22)24-11-1-8-20;/h2-5,12,15H,1,6-11,20H2;1H. The van der Waals surface area contributed by atoms with E-state index < -0.39 is 0 Å². The molecule has 1 aliphatic rings. The Labute approximate surface area is 164 Å². The summed E-state index contributed by atoms with van der Waals surface area (Å²) in [4.78, 5) is 14.4. The van der Waals surface area contributed by atoms with E-state index in [1.54, 1.807) is 23.1 Å². The van der Waals surface area contributed by atoms with Crippen LogP contribution in [0, 0.1) is 0 Å². The fourth-order valence-corrected chi connectivity index (χ4v) is 2.97. The second-order valence-electron chi connectivity index (χ2n) is 6.09. The van der Waals surface area contributed by atoms with E-state index in [4.69, 9.17) is 26.6 Å². The maximum atomic E-state index is 12.6. The molecule has 26 heavy (non-hydrogen) atoms.